The lowest BCUT2D eigenvalue weighted by atomic mass is 10.1. The molecule has 0 atom stereocenters. The van der Waals surface area contributed by atoms with Crippen molar-refractivity contribution in [3.8, 4) is 5.75 Å². The highest BCUT2D eigenvalue weighted by atomic mass is 16.5. The average Bonchev–Trinajstić information content (AvgIpc) is 2.86. The highest BCUT2D eigenvalue weighted by Crippen LogP contribution is 2.26. The van der Waals surface area contributed by atoms with E-state index in [1.165, 1.54) is 7.11 Å². The van der Waals surface area contributed by atoms with Crippen molar-refractivity contribution in [2.75, 3.05) is 31.3 Å². The smallest absolute Gasteiger partial charge is 0.335 e. The number of urea groups is 1. The largest absolute Gasteiger partial charge is 0.495 e. The summed E-state index contributed by atoms with van der Waals surface area (Å²) in [6.07, 6.45) is 1.71. The third-order valence-corrected chi connectivity index (χ3v) is 5.85. The summed E-state index contributed by atoms with van der Waals surface area (Å²) >= 11 is 0. The Labute approximate surface area is 210 Å². The molecule has 0 heterocycles. The molecule has 3 rings (SSSR count). The first-order chi connectivity index (χ1) is 17.3. The Kier molecular flexibility index (Phi) is 9.05. The maximum absolute atomic E-state index is 12.7. The molecule has 36 heavy (non-hydrogen) atoms. The molecule has 0 saturated heterocycles. The Morgan fingerprint density at radius 2 is 1.58 bits per heavy atom. The van der Waals surface area contributed by atoms with Crippen molar-refractivity contribution < 1.29 is 24.2 Å². The third kappa shape index (κ3) is 7.33. The zero-order chi connectivity index (χ0) is 26.1. The molecule has 3 aromatic carbocycles. The van der Waals surface area contributed by atoms with Gasteiger partial charge in [0.25, 0.3) is 0 Å². The van der Waals surface area contributed by atoms with Gasteiger partial charge in [0.1, 0.15) is 5.75 Å². The molecule has 0 radical (unpaired) electrons. The van der Waals surface area contributed by atoms with Crippen molar-refractivity contribution >= 4 is 29.3 Å². The van der Waals surface area contributed by atoms with Gasteiger partial charge in [0.05, 0.1) is 24.8 Å². The number of hydrogen-bond acceptors (Lipinski definition) is 4. The summed E-state index contributed by atoms with van der Waals surface area (Å²) < 4.78 is 5.44. The number of aromatic carboxylic acids is 1. The summed E-state index contributed by atoms with van der Waals surface area (Å²) in [5, 5.41) is 14.6. The molecule has 0 aromatic heterocycles. The summed E-state index contributed by atoms with van der Waals surface area (Å²) in [6, 6.07) is 19.2. The first-order valence-electron chi connectivity index (χ1n) is 11.6. The van der Waals surface area contributed by atoms with E-state index in [-0.39, 0.29) is 23.9 Å². The average molecular weight is 490 g/mol. The minimum atomic E-state index is -0.946. The van der Waals surface area contributed by atoms with Crippen molar-refractivity contribution in [2.24, 2.45) is 0 Å². The zero-order valence-corrected chi connectivity index (χ0v) is 20.7. The number of carbonyl (C=O) groups excluding carboxylic acids is 2. The minimum absolute atomic E-state index is 0.0312. The van der Waals surface area contributed by atoms with Crippen LogP contribution in [0.25, 0.3) is 0 Å². The third-order valence-electron chi connectivity index (χ3n) is 5.85. The van der Waals surface area contributed by atoms with Gasteiger partial charge in [-0.25, -0.2) is 9.59 Å². The standard InChI is InChI=1S/C28H31N3O5/c1-19-7-4-5-9-23(19)29-28(35)30-24-15-12-21(17-25(24)36-3)18-26(32)31(2)16-6-8-20-10-13-22(14-11-20)27(33)34/h4-5,7,9-15,17H,6,8,16,18H2,1-3H3,(H,33,34)(H2,29,30,35). The molecule has 0 fully saturated rings. The fourth-order valence-electron chi connectivity index (χ4n) is 3.71. The number of nitrogens with zero attached hydrogens (tertiary/aromatic N) is 1. The molecule has 3 N–H and O–H groups in total. The normalized spacial score (nSPS) is 10.4. The van der Waals surface area contributed by atoms with E-state index in [0.717, 1.165) is 35.2 Å². The van der Waals surface area contributed by atoms with Gasteiger partial charge < -0.3 is 25.4 Å². The molecule has 0 bridgehead atoms. The molecule has 0 aliphatic carbocycles. The van der Waals surface area contributed by atoms with Gasteiger partial charge in [-0.3, -0.25) is 4.79 Å². The first-order valence-corrected chi connectivity index (χ1v) is 11.6. The zero-order valence-electron chi connectivity index (χ0n) is 20.7. The number of likely N-dealkylation sites (N-methyl/N-ethyl adjacent to an activating group) is 1. The molecular formula is C28H31N3O5. The van der Waals surface area contributed by atoms with Gasteiger partial charge in [0.2, 0.25) is 5.91 Å². The van der Waals surface area contributed by atoms with E-state index in [2.05, 4.69) is 10.6 Å². The molecule has 0 aliphatic heterocycles. The second-order valence-corrected chi connectivity index (χ2v) is 8.53. The van der Waals surface area contributed by atoms with Crippen molar-refractivity contribution in [2.45, 2.75) is 26.2 Å². The second kappa shape index (κ2) is 12.4. The number of carboxylic acid groups (broad SMARTS) is 1. The lowest BCUT2D eigenvalue weighted by Gasteiger charge is -2.18. The van der Waals surface area contributed by atoms with Crippen LogP contribution in [0.4, 0.5) is 16.2 Å². The van der Waals surface area contributed by atoms with E-state index in [0.29, 0.717) is 18.0 Å². The maximum atomic E-state index is 12.7. The number of carbonyl (C=O) groups is 3. The van der Waals surface area contributed by atoms with Crippen LogP contribution in [0.1, 0.15) is 33.5 Å². The number of methoxy groups -OCH3 is 1. The number of aryl methyl sites for hydroxylation is 2. The van der Waals surface area contributed by atoms with E-state index < -0.39 is 5.97 Å². The number of para-hydroxylation sites is 1. The number of ether oxygens (including phenoxy) is 1. The molecule has 8 heteroatoms. The molecule has 188 valence electrons. The van der Waals surface area contributed by atoms with Crippen LogP contribution in [0.2, 0.25) is 0 Å². The maximum Gasteiger partial charge on any atom is 0.335 e. The predicted molar refractivity (Wildman–Crippen MR) is 140 cm³/mol. The van der Waals surface area contributed by atoms with Crippen LogP contribution in [0.3, 0.4) is 0 Å². The fraction of sp³-hybridized carbons (Fsp3) is 0.250. The number of carboxylic acids is 1. The Morgan fingerprint density at radius 3 is 2.25 bits per heavy atom. The van der Waals surface area contributed by atoms with Crippen molar-refractivity contribution in [3.05, 3.63) is 89.0 Å². The number of rotatable bonds is 10. The van der Waals surface area contributed by atoms with Crippen LogP contribution < -0.4 is 15.4 Å². The van der Waals surface area contributed by atoms with E-state index >= 15 is 0 Å². The van der Waals surface area contributed by atoms with Crippen LogP contribution in [0.15, 0.2) is 66.7 Å². The van der Waals surface area contributed by atoms with Gasteiger partial charge in [-0.05, 0) is 66.8 Å². The van der Waals surface area contributed by atoms with Gasteiger partial charge in [-0.15, -0.1) is 0 Å². The number of amides is 3. The molecule has 3 amide bonds. The number of anilines is 2. The number of benzene rings is 3. The molecule has 3 aromatic rings. The number of hydrogen-bond donors (Lipinski definition) is 3. The quantitative estimate of drug-likeness (QED) is 0.372. The highest BCUT2D eigenvalue weighted by molar-refractivity contribution is 6.01. The summed E-state index contributed by atoms with van der Waals surface area (Å²) in [7, 11) is 3.28. The monoisotopic (exact) mass is 489 g/mol. The molecular weight excluding hydrogens is 458 g/mol. The van der Waals surface area contributed by atoms with E-state index in [1.807, 2.05) is 31.2 Å². The van der Waals surface area contributed by atoms with Crippen LogP contribution in [0, 0.1) is 6.92 Å². The van der Waals surface area contributed by atoms with E-state index in [4.69, 9.17) is 9.84 Å². The summed E-state index contributed by atoms with van der Waals surface area (Å²) in [5.74, 6) is -0.512. The van der Waals surface area contributed by atoms with Crippen LogP contribution in [-0.2, 0) is 17.6 Å². The van der Waals surface area contributed by atoms with Gasteiger partial charge in [-0.1, -0.05) is 36.4 Å². The van der Waals surface area contributed by atoms with Crippen molar-refractivity contribution in [1.82, 2.24) is 4.90 Å². The fourth-order valence-corrected chi connectivity index (χ4v) is 3.71. The Morgan fingerprint density at radius 1 is 0.917 bits per heavy atom. The summed E-state index contributed by atoms with van der Waals surface area (Å²) in [6.45, 7) is 2.49. The van der Waals surface area contributed by atoms with Crippen molar-refractivity contribution in [1.29, 1.82) is 0 Å². The summed E-state index contributed by atoms with van der Waals surface area (Å²) in [5.41, 5.74) is 4.24. The Bertz CT molecular complexity index is 1220. The van der Waals surface area contributed by atoms with Gasteiger partial charge in [0.15, 0.2) is 0 Å². The highest BCUT2D eigenvalue weighted by Gasteiger charge is 2.14. The molecule has 0 spiro atoms. The molecule has 0 unspecified atom stereocenters. The lowest BCUT2D eigenvalue weighted by molar-refractivity contribution is -0.129. The Balaban J connectivity index is 1.52. The summed E-state index contributed by atoms with van der Waals surface area (Å²) in [4.78, 5) is 37.8. The van der Waals surface area contributed by atoms with Crippen LogP contribution in [-0.4, -0.2) is 48.6 Å². The lowest BCUT2D eigenvalue weighted by Crippen LogP contribution is -2.29. The molecule has 8 nitrogen and oxygen atoms in total. The second-order valence-electron chi connectivity index (χ2n) is 8.53. The first kappa shape index (κ1) is 26.3. The van der Waals surface area contributed by atoms with E-state index in [1.54, 1.807) is 54.4 Å². The van der Waals surface area contributed by atoms with Crippen LogP contribution in [0.5, 0.6) is 5.75 Å². The van der Waals surface area contributed by atoms with Crippen molar-refractivity contribution in [3.63, 3.8) is 0 Å². The van der Waals surface area contributed by atoms with Gasteiger partial charge in [0, 0.05) is 19.3 Å². The topological polar surface area (TPSA) is 108 Å². The van der Waals surface area contributed by atoms with Gasteiger partial charge in [-0.2, -0.15) is 0 Å². The predicted octanol–water partition coefficient (Wildman–Crippen LogP) is 4.98. The minimum Gasteiger partial charge on any atom is -0.495 e. The SMILES string of the molecule is COc1cc(CC(=O)N(C)CCCc2ccc(C(=O)O)cc2)ccc1NC(=O)Nc1ccccc1C. The molecule has 0 saturated carbocycles. The van der Waals surface area contributed by atoms with E-state index in [9.17, 15) is 14.4 Å². The van der Waals surface area contributed by atoms with Crippen LogP contribution >= 0.6 is 0 Å². The Hall–Kier alpha value is -4.33. The molecule has 0 aliphatic rings. The number of nitrogens with one attached hydrogen (secondary N) is 2. The van der Waals surface area contributed by atoms with Gasteiger partial charge >= 0.3 is 12.0 Å².